The maximum Gasteiger partial charge on any atom is 0.252 e. The van der Waals surface area contributed by atoms with E-state index in [9.17, 15) is 4.79 Å². The molecule has 0 spiro atoms. The minimum Gasteiger partial charge on any atom is -0.338 e. The molecule has 126 valence electrons. The summed E-state index contributed by atoms with van der Waals surface area (Å²) in [6.45, 7) is 7.76. The molecule has 24 heavy (non-hydrogen) atoms. The van der Waals surface area contributed by atoms with Crippen LogP contribution in [0.4, 0.5) is 5.88 Å². The molecule has 0 unspecified atom stereocenters. The summed E-state index contributed by atoms with van der Waals surface area (Å²) in [6.07, 6.45) is 3.14. The van der Waals surface area contributed by atoms with Crippen LogP contribution in [0, 0.1) is 20.8 Å². The number of aromatic nitrogens is 5. The Hall–Kier alpha value is -2.77. The molecule has 3 aromatic heterocycles. The molecular formula is C16H20N6O2. The van der Waals surface area contributed by atoms with Crippen molar-refractivity contribution in [2.45, 2.75) is 47.0 Å². The minimum atomic E-state index is -0.116. The lowest BCUT2D eigenvalue weighted by molar-refractivity contribution is -0.116. The van der Waals surface area contributed by atoms with Crippen LogP contribution >= 0.6 is 0 Å². The van der Waals surface area contributed by atoms with Crippen molar-refractivity contribution in [3.8, 4) is 0 Å². The number of carbonyl (C=O) groups is 1. The monoisotopic (exact) mass is 328 g/mol. The number of hydrogen-bond acceptors (Lipinski definition) is 6. The number of nitrogens with one attached hydrogen (secondary N) is 1. The van der Waals surface area contributed by atoms with E-state index in [0.29, 0.717) is 24.5 Å². The molecule has 1 N–H and O–H groups in total. The normalized spacial score (nSPS) is 11.2. The van der Waals surface area contributed by atoms with Gasteiger partial charge in [0.25, 0.3) is 5.78 Å². The van der Waals surface area contributed by atoms with Gasteiger partial charge in [-0.05, 0) is 39.2 Å². The molecule has 3 heterocycles. The molecule has 0 radical (unpaired) electrons. The zero-order valence-electron chi connectivity index (χ0n) is 14.3. The first kappa shape index (κ1) is 16.1. The summed E-state index contributed by atoms with van der Waals surface area (Å²) in [4.78, 5) is 20.7. The third-order valence-electron chi connectivity index (χ3n) is 4.20. The third kappa shape index (κ3) is 2.86. The number of amides is 1. The molecule has 3 rings (SSSR count). The first-order chi connectivity index (χ1) is 11.5. The molecule has 0 saturated heterocycles. The highest BCUT2D eigenvalue weighted by molar-refractivity contribution is 5.90. The van der Waals surface area contributed by atoms with Gasteiger partial charge in [-0.2, -0.15) is 10.1 Å². The summed E-state index contributed by atoms with van der Waals surface area (Å²) in [5.41, 5.74) is 4.56. The Labute approximate surface area is 139 Å². The average Bonchev–Trinajstić information content (AvgIpc) is 3.14. The van der Waals surface area contributed by atoms with Gasteiger partial charge in [0.2, 0.25) is 11.8 Å². The highest BCUT2D eigenvalue weighted by Gasteiger charge is 2.15. The molecule has 0 fully saturated rings. The van der Waals surface area contributed by atoms with E-state index in [4.69, 9.17) is 4.52 Å². The standard InChI is InChI=1S/C16H20N6O2/c1-5-13-9(2)15(24-21-13)20-14(23)7-6-12-10(3)19-16-17-8-18-22(16)11(12)4/h8H,5-7H2,1-4H3,(H,20,23). The largest absolute Gasteiger partial charge is 0.338 e. The Morgan fingerprint density at radius 2 is 2.12 bits per heavy atom. The van der Waals surface area contributed by atoms with E-state index < -0.39 is 0 Å². The predicted octanol–water partition coefficient (Wildman–Crippen LogP) is 2.17. The number of carbonyl (C=O) groups excluding carboxylic acids is 1. The van der Waals surface area contributed by atoms with Gasteiger partial charge in [-0.25, -0.2) is 9.50 Å². The van der Waals surface area contributed by atoms with Crippen LogP contribution in [-0.2, 0) is 17.6 Å². The molecule has 8 heteroatoms. The van der Waals surface area contributed by atoms with Crippen LogP contribution in [0.25, 0.3) is 5.78 Å². The lowest BCUT2D eigenvalue weighted by atomic mass is 10.1. The summed E-state index contributed by atoms with van der Waals surface area (Å²) < 4.78 is 6.88. The second kappa shape index (κ2) is 6.38. The number of anilines is 1. The number of hydrogen-bond donors (Lipinski definition) is 1. The highest BCUT2D eigenvalue weighted by Crippen LogP contribution is 2.20. The Bertz CT molecular complexity index is 895. The summed E-state index contributed by atoms with van der Waals surface area (Å²) >= 11 is 0. The first-order valence-electron chi connectivity index (χ1n) is 7.92. The van der Waals surface area contributed by atoms with Crippen molar-refractivity contribution < 1.29 is 9.32 Å². The van der Waals surface area contributed by atoms with Gasteiger partial charge >= 0.3 is 0 Å². The van der Waals surface area contributed by atoms with Crippen LogP contribution in [-0.4, -0.2) is 30.6 Å². The van der Waals surface area contributed by atoms with E-state index in [-0.39, 0.29) is 5.91 Å². The maximum atomic E-state index is 12.2. The van der Waals surface area contributed by atoms with Crippen molar-refractivity contribution in [2.75, 3.05) is 5.32 Å². The van der Waals surface area contributed by atoms with E-state index in [1.165, 1.54) is 6.33 Å². The second-order valence-electron chi connectivity index (χ2n) is 5.72. The Kier molecular flexibility index (Phi) is 4.28. The van der Waals surface area contributed by atoms with Crippen LogP contribution in [0.1, 0.15) is 41.6 Å². The molecule has 0 aliphatic heterocycles. The van der Waals surface area contributed by atoms with E-state index in [1.54, 1.807) is 4.52 Å². The number of fused-ring (bicyclic) bond motifs is 1. The zero-order chi connectivity index (χ0) is 17.3. The van der Waals surface area contributed by atoms with Gasteiger partial charge in [0.15, 0.2) is 0 Å². The molecule has 0 aromatic carbocycles. The molecule has 0 saturated carbocycles. The molecular weight excluding hydrogens is 308 g/mol. The Balaban J connectivity index is 1.71. The lowest BCUT2D eigenvalue weighted by Crippen LogP contribution is -2.14. The summed E-state index contributed by atoms with van der Waals surface area (Å²) in [5.74, 6) is 0.882. The van der Waals surface area contributed by atoms with Gasteiger partial charge in [0, 0.05) is 23.4 Å². The molecule has 0 aliphatic rings. The van der Waals surface area contributed by atoms with E-state index >= 15 is 0 Å². The quantitative estimate of drug-likeness (QED) is 0.771. The van der Waals surface area contributed by atoms with Crippen LogP contribution < -0.4 is 5.32 Å². The molecule has 8 nitrogen and oxygen atoms in total. The number of aryl methyl sites for hydroxylation is 3. The SMILES string of the molecule is CCc1noc(NC(=O)CCc2c(C)nc3ncnn3c2C)c1C. The first-order valence-corrected chi connectivity index (χ1v) is 7.92. The summed E-state index contributed by atoms with van der Waals surface area (Å²) in [5, 5.41) is 10.9. The van der Waals surface area contributed by atoms with Crippen LogP contribution in [0.3, 0.4) is 0 Å². The van der Waals surface area contributed by atoms with Gasteiger partial charge in [0.05, 0.1) is 5.69 Å². The van der Waals surface area contributed by atoms with Gasteiger partial charge in [-0.1, -0.05) is 12.1 Å². The fourth-order valence-corrected chi connectivity index (χ4v) is 2.76. The van der Waals surface area contributed by atoms with Gasteiger partial charge < -0.3 is 4.52 Å². The molecule has 0 bridgehead atoms. The van der Waals surface area contributed by atoms with Gasteiger partial charge in [-0.15, -0.1) is 0 Å². The van der Waals surface area contributed by atoms with Crippen LogP contribution in [0.2, 0.25) is 0 Å². The predicted molar refractivity (Wildman–Crippen MR) is 87.8 cm³/mol. The van der Waals surface area contributed by atoms with Gasteiger partial charge in [-0.3, -0.25) is 10.1 Å². The zero-order valence-corrected chi connectivity index (χ0v) is 14.3. The van der Waals surface area contributed by atoms with Crippen molar-refractivity contribution in [2.24, 2.45) is 0 Å². The molecule has 0 aliphatic carbocycles. The Morgan fingerprint density at radius 3 is 2.83 bits per heavy atom. The Morgan fingerprint density at radius 1 is 1.33 bits per heavy atom. The summed E-state index contributed by atoms with van der Waals surface area (Å²) in [7, 11) is 0. The minimum absolute atomic E-state index is 0.116. The van der Waals surface area contributed by atoms with E-state index in [2.05, 4.69) is 25.5 Å². The maximum absolute atomic E-state index is 12.2. The highest BCUT2D eigenvalue weighted by atomic mass is 16.5. The van der Waals surface area contributed by atoms with Crippen LogP contribution in [0.15, 0.2) is 10.9 Å². The van der Waals surface area contributed by atoms with Gasteiger partial charge in [0.1, 0.15) is 6.33 Å². The fraction of sp³-hybridized carbons (Fsp3) is 0.438. The van der Waals surface area contributed by atoms with Crippen molar-refractivity contribution >= 4 is 17.6 Å². The number of rotatable bonds is 5. The fourth-order valence-electron chi connectivity index (χ4n) is 2.76. The van der Waals surface area contributed by atoms with E-state index in [0.717, 1.165) is 34.6 Å². The second-order valence-corrected chi connectivity index (χ2v) is 5.72. The van der Waals surface area contributed by atoms with Crippen LogP contribution in [0.5, 0.6) is 0 Å². The smallest absolute Gasteiger partial charge is 0.252 e. The van der Waals surface area contributed by atoms with Crippen molar-refractivity contribution in [1.29, 1.82) is 0 Å². The molecule has 0 atom stereocenters. The molecule has 3 aromatic rings. The average molecular weight is 328 g/mol. The van der Waals surface area contributed by atoms with Crippen molar-refractivity contribution in [3.63, 3.8) is 0 Å². The topological polar surface area (TPSA) is 98.2 Å². The van der Waals surface area contributed by atoms with E-state index in [1.807, 2.05) is 27.7 Å². The molecule has 1 amide bonds. The van der Waals surface area contributed by atoms with Crippen molar-refractivity contribution in [1.82, 2.24) is 24.7 Å². The lowest BCUT2D eigenvalue weighted by Gasteiger charge is -2.10. The number of nitrogens with zero attached hydrogens (tertiary/aromatic N) is 5. The summed E-state index contributed by atoms with van der Waals surface area (Å²) in [6, 6.07) is 0. The third-order valence-corrected chi connectivity index (χ3v) is 4.20. The van der Waals surface area contributed by atoms with Crippen molar-refractivity contribution in [3.05, 3.63) is 34.5 Å².